The lowest BCUT2D eigenvalue weighted by Crippen LogP contribution is -2.41. The molecule has 0 aromatic heterocycles. The number of aryl methyl sites for hydroxylation is 1. The number of amides is 1. The Bertz CT molecular complexity index is 617. The van der Waals surface area contributed by atoms with E-state index in [0.717, 1.165) is 0 Å². The highest BCUT2D eigenvalue weighted by molar-refractivity contribution is 5.68. The van der Waals surface area contributed by atoms with Gasteiger partial charge in [0, 0.05) is 0 Å². The van der Waals surface area contributed by atoms with Crippen LogP contribution in [0, 0.1) is 0 Å². The van der Waals surface area contributed by atoms with Gasteiger partial charge in [-0.1, -0.05) is 0 Å². The van der Waals surface area contributed by atoms with E-state index in [0.29, 0.717) is 12.1 Å². The van der Waals surface area contributed by atoms with Gasteiger partial charge in [0.1, 0.15) is 5.60 Å². The molecule has 0 radical (unpaired) electrons. The van der Waals surface area contributed by atoms with Crippen molar-refractivity contribution in [1.82, 2.24) is 5.32 Å². The number of halogens is 6. The van der Waals surface area contributed by atoms with Crippen molar-refractivity contribution in [3.63, 3.8) is 0 Å². The fraction of sp³-hybridized carbons (Fsp3) is 0.588. The fourth-order valence-corrected chi connectivity index (χ4v) is 2.19. The molecule has 1 unspecified atom stereocenters. The number of alkyl halides is 6. The number of aliphatic hydroxyl groups excluding tert-OH is 1. The molecule has 0 aliphatic heterocycles. The van der Waals surface area contributed by atoms with E-state index in [1.807, 2.05) is 0 Å². The quantitative estimate of drug-likeness (QED) is 0.712. The van der Waals surface area contributed by atoms with Gasteiger partial charge >= 0.3 is 18.4 Å². The molecule has 1 atom stereocenters. The van der Waals surface area contributed by atoms with Crippen molar-refractivity contribution in [1.29, 1.82) is 0 Å². The number of carbonyl (C=O) groups is 1. The molecule has 1 aromatic carbocycles. The molecule has 27 heavy (non-hydrogen) atoms. The zero-order valence-electron chi connectivity index (χ0n) is 15.0. The zero-order chi connectivity index (χ0) is 21.0. The summed E-state index contributed by atoms with van der Waals surface area (Å²) in [6.45, 7) is 4.29. The molecular weight excluding hydrogens is 380 g/mol. The molecule has 1 amide bonds. The molecule has 0 saturated carbocycles. The molecule has 1 rings (SSSR count). The van der Waals surface area contributed by atoms with Crippen LogP contribution in [0.3, 0.4) is 0 Å². The van der Waals surface area contributed by atoms with E-state index in [1.165, 1.54) is 0 Å². The van der Waals surface area contributed by atoms with Crippen LogP contribution >= 0.6 is 0 Å². The first-order valence-electron chi connectivity index (χ1n) is 8.00. The summed E-state index contributed by atoms with van der Waals surface area (Å²) in [5.41, 5.74) is -3.82. The molecule has 10 heteroatoms. The molecule has 0 saturated heterocycles. The summed E-state index contributed by atoms with van der Waals surface area (Å²) in [6.07, 6.45) is -11.0. The van der Waals surface area contributed by atoms with Gasteiger partial charge in [-0.3, -0.25) is 0 Å². The van der Waals surface area contributed by atoms with Crippen LogP contribution in [-0.4, -0.2) is 29.4 Å². The molecule has 0 aliphatic carbocycles. The summed E-state index contributed by atoms with van der Waals surface area (Å²) >= 11 is 0. The Hall–Kier alpha value is -1.97. The van der Waals surface area contributed by atoms with Gasteiger partial charge in [0.25, 0.3) is 0 Å². The maximum Gasteiger partial charge on any atom is 0.416 e. The predicted octanol–water partition coefficient (Wildman–Crippen LogP) is 4.54. The highest BCUT2D eigenvalue weighted by Crippen LogP contribution is 2.36. The molecule has 154 valence electrons. The number of ether oxygens (including phenoxy) is 1. The maximum atomic E-state index is 12.8. The second kappa shape index (κ2) is 8.37. The van der Waals surface area contributed by atoms with Crippen LogP contribution in [0.2, 0.25) is 0 Å². The lowest BCUT2D eigenvalue weighted by atomic mass is 9.99. The minimum atomic E-state index is -4.93. The summed E-state index contributed by atoms with van der Waals surface area (Å²) in [6, 6.07) is 0.407. The zero-order valence-corrected chi connectivity index (χ0v) is 15.0. The molecule has 1 aromatic rings. The van der Waals surface area contributed by atoms with Crippen LogP contribution in [0.1, 0.15) is 43.9 Å². The van der Waals surface area contributed by atoms with E-state index < -0.39 is 47.8 Å². The van der Waals surface area contributed by atoms with Gasteiger partial charge in [-0.25, -0.2) is 4.79 Å². The van der Waals surface area contributed by atoms with E-state index in [9.17, 15) is 36.2 Å². The van der Waals surface area contributed by atoms with Crippen LogP contribution in [0.5, 0.6) is 0 Å². The summed E-state index contributed by atoms with van der Waals surface area (Å²) in [5, 5.41) is 11.6. The second-order valence-electron chi connectivity index (χ2n) is 6.98. The third-order valence-corrected chi connectivity index (χ3v) is 3.37. The van der Waals surface area contributed by atoms with Crippen molar-refractivity contribution in [3.05, 3.63) is 34.9 Å². The predicted molar refractivity (Wildman–Crippen MR) is 85.0 cm³/mol. The monoisotopic (exact) mass is 401 g/mol. The summed E-state index contributed by atoms with van der Waals surface area (Å²) < 4.78 is 82.1. The largest absolute Gasteiger partial charge is 0.444 e. The van der Waals surface area contributed by atoms with Crippen LogP contribution in [0.4, 0.5) is 31.1 Å². The van der Waals surface area contributed by atoms with E-state index in [4.69, 9.17) is 4.74 Å². The lowest BCUT2D eigenvalue weighted by molar-refractivity contribution is -0.143. The van der Waals surface area contributed by atoms with Crippen LogP contribution in [0.25, 0.3) is 0 Å². The van der Waals surface area contributed by atoms with E-state index >= 15 is 0 Å². The van der Waals surface area contributed by atoms with Crippen molar-refractivity contribution in [2.75, 3.05) is 6.61 Å². The third-order valence-electron chi connectivity index (χ3n) is 3.37. The molecule has 4 nitrogen and oxygen atoms in total. The highest BCUT2D eigenvalue weighted by atomic mass is 19.4. The Morgan fingerprint density at radius 2 is 1.52 bits per heavy atom. The average Bonchev–Trinajstić information content (AvgIpc) is 2.47. The summed E-state index contributed by atoms with van der Waals surface area (Å²) in [7, 11) is 0. The Morgan fingerprint density at radius 1 is 1.04 bits per heavy atom. The van der Waals surface area contributed by atoms with Crippen LogP contribution < -0.4 is 5.32 Å². The van der Waals surface area contributed by atoms with Crippen molar-refractivity contribution in [2.24, 2.45) is 0 Å². The number of aliphatic hydroxyl groups is 1. The number of hydrogen-bond donors (Lipinski definition) is 2. The number of hydrogen-bond acceptors (Lipinski definition) is 3. The molecule has 0 bridgehead atoms. The molecule has 0 heterocycles. The number of rotatable bonds is 5. The van der Waals surface area contributed by atoms with E-state index in [-0.39, 0.29) is 24.5 Å². The number of alkyl carbamates (subject to hydrolysis) is 1. The van der Waals surface area contributed by atoms with Crippen molar-refractivity contribution in [2.45, 2.75) is 57.6 Å². The van der Waals surface area contributed by atoms with Crippen LogP contribution in [0.15, 0.2) is 18.2 Å². The van der Waals surface area contributed by atoms with E-state index in [2.05, 4.69) is 5.32 Å². The normalized spacial score (nSPS) is 14.0. The molecule has 0 aliphatic rings. The van der Waals surface area contributed by atoms with Gasteiger partial charge in [0.2, 0.25) is 0 Å². The van der Waals surface area contributed by atoms with Gasteiger partial charge in [-0.2, -0.15) is 26.3 Å². The lowest BCUT2D eigenvalue weighted by Gasteiger charge is -2.23. The summed E-state index contributed by atoms with van der Waals surface area (Å²) in [4.78, 5) is 11.7. The smallest absolute Gasteiger partial charge is 0.416 e. The van der Waals surface area contributed by atoms with Gasteiger partial charge < -0.3 is 15.2 Å². The maximum absolute atomic E-state index is 12.8. The Kier molecular flexibility index (Phi) is 7.15. The first kappa shape index (κ1) is 23.1. The van der Waals surface area contributed by atoms with Crippen molar-refractivity contribution in [3.8, 4) is 0 Å². The third kappa shape index (κ3) is 8.06. The SMILES string of the molecule is CC(C)(C)OC(=O)NC(CO)CCc1cc(C(F)(F)F)cc(C(F)(F)F)c1. The summed E-state index contributed by atoms with van der Waals surface area (Å²) in [5.74, 6) is 0. The average molecular weight is 401 g/mol. The first-order chi connectivity index (χ1) is 12.1. The van der Waals surface area contributed by atoms with Crippen molar-refractivity contribution >= 4 is 6.09 Å². The minimum Gasteiger partial charge on any atom is -0.444 e. The number of nitrogens with one attached hydrogen (secondary N) is 1. The molecule has 0 spiro atoms. The van der Waals surface area contributed by atoms with Gasteiger partial charge in [0.05, 0.1) is 23.8 Å². The molecule has 0 fully saturated rings. The molecule has 2 N–H and O–H groups in total. The number of benzene rings is 1. The molecular formula is C17H21F6NO3. The Balaban J connectivity index is 2.92. The van der Waals surface area contributed by atoms with Crippen molar-refractivity contribution < 1.29 is 41.0 Å². The second-order valence-corrected chi connectivity index (χ2v) is 6.98. The topological polar surface area (TPSA) is 58.6 Å². The highest BCUT2D eigenvalue weighted by Gasteiger charge is 2.36. The standard InChI is InChI=1S/C17H21F6NO3/c1-15(2,3)27-14(26)24-13(9-25)5-4-10-6-11(16(18,19)20)8-12(7-10)17(21,22)23/h6-8,13,25H,4-5,9H2,1-3H3,(H,24,26). The van der Waals surface area contributed by atoms with Gasteiger partial charge in [-0.15, -0.1) is 0 Å². The minimum absolute atomic E-state index is 0.0476. The van der Waals surface area contributed by atoms with Crippen LogP contribution in [-0.2, 0) is 23.5 Å². The van der Waals surface area contributed by atoms with E-state index in [1.54, 1.807) is 20.8 Å². The van der Waals surface area contributed by atoms with Gasteiger partial charge in [-0.05, 0) is 57.4 Å². The fourth-order valence-electron chi connectivity index (χ4n) is 2.19. The Morgan fingerprint density at radius 3 is 1.89 bits per heavy atom. The Labute approximate surface area is 152 Å². The van der Waals surface area contributed by atoms with Gasteiger partial charge in [0.15, 0.2) is 0 Å². The number of carbonyl (C=O) groups excluding carboxylic acids is 1. The first-order valence-corrected chi connectivity index (χ1v) is 8.00.